The number of rotatable bonds is 7. The molecule has 1 unspecified atom stereocenters. The Labute approximate surface area is 113 Å². The van der Waals surface area contributed by atoms with E-state index < -0.39 is 11.8 Å². The van der Waals surface area contributed by atoms with Gasteiger partial charge in [0.15, 0.2) is 5.79 Å². The fourth-order valence-electron chi connectivity index (χ4n) is 1.88. The summed E-state index contributed by atoms with van der Waals surface area (Å²) in [6.45, 7) is 7.59. The molecule has 1 aromatic rings. The first-order valence-electron chi connectivity index (χ1n) is 6.24. The van der Waals surface area contributed by atoms with Crippen LogP contribution in [0.4, 0.5) is 0 Å². The maximum Gasteiger partial charge on any atom is 0.336 e. The monoisotopic (exact) mass is 264 g/mol. The van der Waals surface area contributed by atoms with Gasteiger partial charge in [0.2, 0.25) is 0 Å². The van der Waals surface area contributed by atoms with Gasteiger partial charge in [0.05, 0.1) is 12.2 Å². The maximum atomic E-state index is 11.2. The van der Waals surface area contributed by atoms with Gasteiger partial charge in [-0.05, 0) is 13.0 Å². The Balaban J connectivity index is 3.17. The average molecular weight is 264 g/mol. The lowest BCUT2D eigenvalue weighted by Gasteiger charge is -2.29. The van der Waals surface area contributed by atoms with Crippen LogP contribution in [0.25, 0.3) is 0 Å². The molecule has 0 aromatic heterocycles. The van der Waals surface area contributed by atoms with Crippen LogP contribution in [0, 0.1) is 0 Å². The first-order chi connectivity index (χ1) is 8.90. The van der Waals surface area contributed by atoms with Crippen molar-refractivity contribution in [3.8, 4) is 0 Å². The molecule has 0 aliphatic rings. The number of hydrogen-bond donors (Lipinski definition) is 2. The molecule has 4 nitrogen and oxygen atoms in total. The molecular weight excluding hydrogens is 244 g/mol. The third-order valence-corrected chi connectivity index (χ3v) is 2.72. The minimum absolute atomic E-state index is 0.0557. The van der Waals surface area contributed by atoms with E-state index >= 15 is 0 Å². The molecule has 1 atom stereocenters. The largest absolute Gasteiger partial charge is 0.478 e. The minimum atomic E-state index is -1.59. The molecule has 0 fully saturated rings. The number of carboxylic acid groups (broad SMARTS) is 1. The summed E-state index contributed by atoms with van der Waals surface area (Å²) in [5, 5.41) is 19.8. The number of benzene rings is 1. The lowest BCUT2D eigenvalue weighted by molar-refractivity contribution is -0.211. The van der Waals surface area contributed by atoms with E-state index in [4.69, 9.17) is 4.74 Å². The van der Waals surface area contributed by atoms with Crippen molar-refractivity contribution < 1.29 is 19.7 Å². The second-order valence-electron chi connectivity index (χ2n) is 4.63. The zero-order valence-corrected chi connectivity index (χ0v) is 11.3. The molecule has 4 heteroatoms. The quantitative estimate of drug-likeness (QED) is 0.587. The zero-order chi connectivity index (χ0) is 14.5. The highest BCUT2D eigenvalue weighted by Crippen LogP contribution is 2.31. The van der Waals surface area contributed by atoms with E-state index in [1.54, 1.807) is 25.1 Å². The van der Waals surface area contributed by atoms with E-state index in [2.05, 4.69) is 6.58 Å². The summed E-state index contributed by atoms with van der Waals surface area (Å²) in [4.78, 5) is 11.2. The molecule has 19 heavy (non-hydrogen) atoms. The molecule has 0 bridgehead atoms. The van der Waals surface area contributed by atoms with Gasteiger partial charge in [-0.15, -0.1) is 0 Å². The normalized spacial score (nSPS) is 13.8. The highest BCUT2D eigenvalue weighted by Gasteiger charge is 2.33. The van der Waals surface area contributed by atoms with Crippen LogP contribution in [0.1, 0.15) is 42.6 Å². The zero-order valence-electron chi connectivity index (χ0n) is 11.3. The van der Waals surface area contributed by atoms with Crippen LogP contribution in [-0.2, 0) is 10.5 Å². The fraction of sp³-hybridized carbons (Fsp3) is 0.400. The summed E-state index contributed by atoms with van der Waals surface area (Å²) >= 11 is 0. The molecule has 1 aromatic carbocycles. The predicted molar refractivity (Wildman–Crippen MR) is 73.0 cm³/mol. The first-order valence-corrected chi connectivity index (χ1v) is 6.24. The summed E-state index contributed by atoms with van der Waals surface area (Å²) in [5.74, 6) is -2.67. The fourth-order valence-corrected chi connectivity index (χ4v) is 1.88. The van der Waals surface area contributed by atoms with Crippen LogP contribution in [0.15, 0.2) is 36.4 Å². The van der Waals surface area contributed by atoms with Crippen molar-refractivity contribution in [1.29, 1.82) is 0 Å². The smallest absolute Gasteiger partial charge is 0.336 e. The van der Waals surface area contributed by atoms with Gasteiger partial charge in [0.1, 0.15) is 0 Å². The van der Waals surface area contributed by atoms with Gasteiger partial charge in [-0.25, -0.2) is 4.79 Å². The van der Waals surface area contributed by atoms with Crippen LogP contribution < -0.4 is 0 Å². The van der Waals surface area contributed by atoms with E-state index in [1.165, 1.54) is 6.07 Å². The molecule has 0 saturated heterocycles. The Hall–Kier alpha value is -1.65. The highest BCUT2D eigenvalue weighted by molar-refractivity contribution is 5.89. The van der Waals surface area contributed by atoms with E-state index in [1.807, 2.05) is 6.92 Å². The number of aliphatic hydroxyl groups is 1. The SMILES string of the molecule is C=C(C)COC(O)(CCC)c1ccccc1C(=O)O. The number of ether oxygens (including phenoxy) is 1. The molecule has 0 heterocycles. The van der Waals surface area contributed by atoms with E-state index in [-0.39, 0.29) is 17.7 Å². The Morgan fingerprint density at radius 1 is 1.42 bits per heavy atom. The second-order valence-corrected chi connectivity index (χ2v) is 4.63. The van der Waals surface area contributed by atoms with Gasteiger partial charge in [0, 0.05) is 12.0 Å². The van der Waals surface area contributed by atoms with Crippen molar-refractivity contribution >= 4 is 5.97 Å². The van der Waals surface area contributed by atoms with Crippen LogP contribution in [0.2, 0.25) is 0 Å². The molecule has 0 aliphatic carbocycles. The summed E-state index contributed by atoms with van der Waals surface area (Å²) in [7, 11) is 0. The van der Waals surface area contributed by atoms with Crippen molar-refractivity contribution in [1.82, 2.24) is 0 Å². The Kier molecular flexibility index (Phi) is 5.27. The van der Waals surface area contributed by atoms with Crippen molar-refractivity contribution in [2.75, 3.05) is 6.61 Å². The number of aromatic carboxylic acids is 1. The molecule has 0 aliphatic heterocycles. The van der Waals surface area contributed by atoms with Crippen LogP contribution in [0.3, 0.4) is 0 Å². The molecule has 0 spiro atoms. The van der Waals surface area contributed by atoms with Gasteiger partial charge in [-0.3, -0.25) is 0 Å². The van der Waals surface area contributed by atoms with E-state index in [0.717, 1.165) is 5.57 Å². The summed E-state index contributed by atoms with van der Waals surface area (Å²) in [5.41, 5.74) is 1.10. The minimum Gasteiger partial charge on any atom is -0.478 e. The average Bonchev–Trinajstić information content (AvgIpc) is 2.37. The van der Waals surface area contributed by atoms with Crippen LogP contribution in [0.5, 0.6) is 0 Å². The van der Waals surface area contributed by atoms with Crippen LogP contribution in [-0.4, -0.2) is 22.8 Å². The Bertz CT molecular complexity index is 467. The van der Waals surface area contributed by atoms with Gasteiger partial charge in [-0.1, -0.05) is 43.7 Å². The lowest BCUT2D eigenvalue weighted by Crippen LogP contribution is -2.32. The predicted octanol–water partition coefficient (Wildman–Crippen LogP) is 2.92. The molecular formula is C15H20O4. The van der Waals surface area contributed by atoms with Crippen molar-refractivity contribution in [2.45, 2.75) is 32.5 Å². The molecule has 0 saturated carbocycles. The molecule has 0 radical (unpaired) electrons. The van der Waals surface area contributed by atoms with Crippen molar-refractivity contribution in [3.63, 3.8) is 0 Å². The highest BCUT2D eigenvalue weighted by atomic mass is 16.6. The van der Waals surface area contributed by atoms with Crippen molar-refractivity contribution in [2.24, 2.45) is 0 Å². The molecule has 0 amide bonds. The van der Waals surface area contributed by atoms with Gasteiger partial charge in [0.25, 0.3) is 0 Å². The Morgan fingerprint density at radius 3 is 2.58 bits per heavy atom. The third-order valence-electron chi connectivity index (χ3n) is 2.72. The summed E-state index contributed by atoms with van der Waals surface area (Å²) in [6, 6.07) is 6.35. The number of carbonyl (C=O) groups is 1. The Morgan fingerprint density at radius 2 is 2.05 bits per heavy atom. The van der Waals surface area contributed by atoms with E-state index in [0.29, 0.717) is 12.8 Å². The summed E-state index contributed by atoms with van der Waals surface area (Å²) in [6.07, 6.45) is 0.991. The molecule has 2 N–H and O–H groups in total. The maximum absolute atomic E-state index is 11.2. The van der Waals surface area contributed by atoms with Gasteiger partial charge < -0.3 is 14.9 Å². The van der Waals surface area contributed by atoms with Crippen molar-refractivity contribution in [3.05, 3.63) is 47.5 Å². The lowest BCUT2D eigenvalue weighted by atomic mass is 9.95. The topological polar surface area (TPSA) is 66.8 Å². The first kappa shape index (κ1) is 15.4. The van der Waals surface area contributed by atoms with Gasteiger partial charge in [-0.2, -0.15) is 0 Å². The number of carboxylic acids is 1. The van der Waals surface area contributed by atoms with Crippen LogP contribution >= 0.6 is 0 Å². The van der Waals surface area contributed by atoms with Gasteiger partial charge >= 0.3 is 5.97 Å². The third kappa shape index (κ3) is 3.91. The van der Waals surface area contributed by atoms with E-state index in [9.17, 15) is 15.0 Å². The summed E-state index contributed by atoms with van der Waals surface area (Å²) < 4.78 is 5.50. The molecule has 1 rings (SSSR count). The standard InChI is InChI=1S/C15H20O4/c1-4-9-15(18,19-10-11(2)3)13-8-6-5-7-12(13)14(16)17/h5-8,18H,2,4,9-10H2,1,3H3,(H,16,17). The second kappa shape index (κ2) is 6.50. The number of hydrogen-bond acceptors (Lipinski definition) is 3. The molecule has 104 valence electrons.